The smallest absolute Gasteiger partial charge is 0.416 e. The Morgan fingerprint density at radius 2 is 0.876 bits per heavy atom. The lowest BCUT2D eigenvalue weighted by atomic mass is 10.1. The summed E-state index contributed by atoms with van der Waals surface area (Å²) in [7, 11) is 14.3. The van der Waals surface area contributed by atoms with E-state index >= 15 is 0 Å². The Balaban J connectivity index is 0.000000214. The molecule has 3 aromatic heterocycles. The molecule has 12 aromatic rings. The van der Waals surface area contributed by atoms with Crippen LogP contribution in [0.4, 0.5) is 47.3 Å². The van der Waals surface area contributed by atoms with E-state index in [1.54, 1.807) is 66.7 Å². The van der Waals surface area contributed by atoms with Gasteiger partial charge in [0.05, 0.1) is 73.9 Å². The van der Waals surface area contributed by atoms with E-state index in [0.29, 0.717) is 141 Å². The van der Waals surface area contributed by atoms with Crippen molar-refractivity contribution in [2.75, 3.05) is 160 Å². The van der Waals surface area contributed by atoms with Gasteiger partial charge in [-0.05, 0) is 316 Å². The van der Waals surface area contributed by atoms with E-state index in [-0.39, 0.29) is 63.9 Å². The molecular weight excluding hydrogens is 1930 g/mol. The van der Waals surface area contributed by atoms with Crippen molar-refractivity contribution in [3.63, 3.8) is 0 Å². The minimum atomic E-state index is -4.51. The molecule has 1 fully saturated rings. The number of unbranched alkanes of at least 4 members (excludes halogenated alkanes) is 1. The number of aryl methyl sites for hydroxylation is 6. The number of hydrogen-bond acceptors (Lipinski definition) is 23. The molecule has 3 heterocycles. The number of anilines is 6. The maximum Gasteiger partial charge on any atom is 0.416 e. The number of nitrogens with one attached hydrogen (secondary N) is 6. The van der Waals surface area contributed by atoms with Crippen LogP contribution in [0.2, 0.25) is 10.0 Å². The van der Waals surface area contributed by atoms with E-state index in [1.807, 2.05) is 245 Å². The molecular formula is C110H129Cl2F3N14O14S2. The number of carbonyl (C=O) groups is 6. The van der Waals surface area contributed by atoms with Crippen molar-refractivity contribution >= 4 is 115 Å². The van der Waals surface area contributed by atoms with Crippen molar-refractivity contribution in [3.8, 4) is 46.6 Å². The number of amides is 6. The lowest BCUT2D eigenvalue weighted by Crippen LogP contribution is -2.22. The van der Waals surface area contributed by atoms with Gasteiger partial charge in [-0.3, -0.25) is 38.0 Å². The average Bonchev–Trinajstić information content (AvgIpc) is 1.60. The molecule has 1 atom stereocenters. The van der Waals surface area contributed by atoms with Gasteiger partial charge in [0.15, 0.2) is 5.56 Å². The van der Waals surface area contributed by atoms with Crippen LogP contribution >= 0.6 is 34.5 Å². The van der Waals surface area contributed by atoms with Gasteiger partial charge in [-0.2, -0.15) is 18.4 Å². The van der Waals surface area contributed by atoms with Crippen LogP contribution in [0.5, 0.6) is 40.5 Å². The number of alkyl halides is 3. The van der Waals surface area contributed by atoms with Gasteiger partial charge < -0.3 is 84.7 Å². The molecule has 6 N–H and O–H groups in total. The molecule has 9 aromatic carbocycles. The summed E-state index contributed by atoms with van der Waals surface area (Å²) in [6, 6.07) is 62.0. The van der Waals surface area contributed by atoms with Gasteiger partial charge in [-0.25, -0.2) is 9.97 Å². The van der Waals surface area contributed by atoms with Crippen LogP contribution in [0.15, 0.2) is 229 Å². The van der Waals surface area contributed by atoms with E-state index in [0.717, 1.165) is 103 Å². The van der Waals surface area contributed by atoms with Crippen LogP contribution in [0.3, 0.4) is 0 Å². The number of thiophene rings is 1. The Bertz CT molecular complexity index is 6310. The summed E-state index contributed by atoms with van der Waals surface area (Å²) in [6.07, 6.45) is 6.44. The zero-order valence-electron chi connectivity index (χ0n) is 85.0. The van der Waals surface area contributed by atoms with Gasteiger partial charge in [0.25, 0.3) is 35.4 Å². The van der Waals surface area contributed by atoms with Crippen LogP contribution in [0.25, 0.3) is 0 Å². The third-order valence-electron chi connectivity index (χ3n) is 21.6. The van der Waals surface area contributed by atoms with Crippen LogP contribution in [-0.2, 0) is 23.4 Å². The van der Waals surface area contributed by atoms with E-state index in [2.05, 4.69) is 52.9 Å². The normalized spacial score (nSPS) is 11.6. The molecule has 1 aliphatic carbocycles. The molecule has 0 radical (unpaired) electrons. The second-order valence-electron chi connectivity index (χ2n) is 34.3. The fourth-order valence-electron chi connectivity index (χ4n) is 13.9. The third-order valence-corrected chi connectivity index (χ3v) is 24.4. The van der Waals surface area contributed by atoms with Crippen molar-refractivity contribution < 1.29 is 79.3 Å². The molecule has 6 amide bonds. The molecule has 13 rings (SSSR count). The van der Waals surface area contributed by atoms with Crippen molar-refractivity contribution in [2.45, 2.75) is 118 Å². The van der Waals surface area contributed by atoms with Gasteiger partial charge in [0, 0.05) is 82.8 Å². The summed E-state index contributed by atoms with van der Waals surface area (Å²) in [4.78, 5) is 97.4. The topological polar surface area (TPSA) is 332 Å². The third kappa shape index (κ3) is 38.3. The van der Waals surface area contributed by atoms with E-state index in [1.165, 1.54) is 55.2 Å². The highest BCUT2D eigenvalue weighted by molar-refractivity contribution is 7.84. The average molecular weight is 2060 g/mol. The van der Waals surface area contributed by atoms with Crippen LogP contribution < -0.4 is 65.1 Å². The lowest BCUT2D eigenvalue weighted by molar-refractivity contribution is -0.138. The first-order valence-corrected chi connectivity index (χ1v) is 50.4. The van der Waals surface area contributed by atoms with E-state index in [9.17, 15) is 46.1 Å². The lowest BCUT2D eigenvalue weighted by Gasteiger charge is -2.20. The maximum absolute atomic E-state index is 13.2. The number of carbonyl (C=O) groups excluding carboxylic acids is 6. The molecule has 145 heavy (non-hydrogen) atoms. The fraction of sp³-hybridized carbons (Fsp3) is 0.327. The van der Waals surface area contributed by atoms with Crippen LogP contribution in [-0.4, -0.2) is 209 Å². The van der Waals surface area contributed by atoms with Crippen LogP contribution in [0.1, 0.15) is 165 Å². The maximum atomic E-state index is 13.2. The Labute approximate surface area is 864 Å². The van der Waals surface area contributed by atoms with Gasteiger partial charge >= 0.3 is 6.18 Å². The molecule has 770 valence electrons. The van der Waals surface area contributed by atoms with Crippen molar-refractivity contribution in [1.82, 2.24) is 34.6 Å². The number of rotatable bonds is 38. The first kappa shape index (κ1) is 116. The number of ether oxygens (including phenoxy) is 7. The molecule has 0 aliphatic heterocycles. The van der Waals surface area contributed by atoms with Gasteiger partial charge in [0.2, 0.25) is 11.8 Å². The van der Waals surface area contributed by atoms with Crippen LogP contribution in [0, 0.1) is 45.9 Å². The number of pyridine rings is 1. The number of likely N-dealkylation sites (N-methyl/N-ethyl adjacent to an activating group) is 4. The Morgan fingerprint density at radius 1 is 0.448 bits per heavy atom. The van der Waals surface area contributed by atoms with Crippen molar-refractivity contribution in [1.29, 1.82) is 5.26 Å². The number of benzene rings is 9. The van der Waals surface area contributed by atoms with Crippen molar-refractivity contribution in [2.24, 2.45) is 0 Å². The standard InChI is InChI=1S/C23H29ClN2O3.C19H21F3N2O2S.C19H24N2O3.C18H23ClN4O3.C17H20N2O2.C14H12N2OS/c1-16-15-17(11-12-19(16)24)25-23(27)22-20(28-14-13-26(2)3)9-6-10-21(22)29-18-7-4-5-8-18;1-4-5-6-15-17(16(27(3)26)9-10-23-15)18(25)24-13-8-7-12(2)14(11-13)19(20,21)22;1-4-23-16-11-8-12-17(24-14-13-21(2)3)18(16)19(22)20-15-9-6-5-7-10-15;1-5-25-17-15(18(21-11-20-17)26-9-8-23(3)4)16(24)22-13-6-7-14(19)12(2)10-13;1-19(2)12-13-21-16-11-7-6-10-15(16)17(20)18-14-8-4-3-5-9-14;1-9-5-6-18-13(9)14(17)16-12-4-3-11(8-15)10(2)7-12/h6,9-12,15,18H,4-5,7-8,13-14H2,1-3H3,(H,25,27);7-11H,4-6H2,1-3H3,(H,24,25);5-12H,4,13-14H2,1-3H3,(H,20,22);6-7,10-11H,5,8-9H2,1-4H3,(H,22,24);3-11H,12-13H2,1-2H3,(H,18,20);3-7H,1-2H3,(H,16,17). The molecule has 28 nitrogen and oxygen atoms in total. The molecule has 1 saturated carbocycles. The molecule has 0 saturated heterocycles. The summed E-state index contributed by atoms with van der Waals surface area (Å²) in [6.45, 7) is 20.4. The second kappa shape index (κ2) is 60.1. The monoisotopic (exact) mass is 2060 g/mol. The highest BCUT2D eigenvalue weighted by Crippen LogP contribution is 2.38. The van der Waals surface area contributed by atoms with Gasteiger partial charge in [0.1, 0.15) is 72.6 Å². The summed E-state index contributed by atoms with van der Waals surface area (Å²) in [5.41, 5.74) is 9.25. The second-order valence-corrected chi connectivity index (χ2v) is 37.4. The van der Waals surface area contributed by atoms with E-state index in [4.69, 9.17) is 61.6 Å². The first-order chi connectivity index (χ1) is 69.4. The summed E-state index contributed by atoms with van der Waals surface area (Å²) < 4.78 is 91.8. The number of nitriles is 1. The highest BCUT2D eigenvalue weighted by Gasteiger charge is 2.34. The Kier molecular flexibility index (Phi) is 48.2. The molecule has 35 heteroatoms. The quantitative estimate of drug-likeness (QED) is 0.0209. The van der Waals surface area contributed by atoms with E-state index < -0.39 is 34.4 Å². The predicted octanol–water partition coefficient (Wildman–Crippen LogP) is 22.6. The number of para-hydroxylation sites is 3. The molecule has 1 unspecified atom stereocenters. The fourth-order valence-corrected chi connectivity index (χ4v) is 15.7. The zero-order valence-corrected chi connectivity index (χ0v) is 88.1. The Hall–Kier alpha value is -13.8. The van der Waals surface area contributed by atoms with Gasteiger partial charge in [-0.15, -0.1) is 11.3 Å². The molecule has 0 spiro atoms. The first-order valence-electron chi connectivity index (χ1n) is 47.2. The largest absolute Gasteiger partial charge is 0.493 e. The minimum Gasteiger partial charge on any atom is -0.493 e. The van der Waals surface area contributed by atoms with Gasteiger partial charge in [-0.1, -0.05) is 103 Å². The SMILES string of the molecule is CCCCc1nccc(S(C)=O)c1C(=O)Nc1ccc(C)c(C(F)(F)F)c1.CCOc1cccc(OCCN(C)C)c1C(=O)Nc1ccccc1.CCOc1ncnc(OCCN(C)C)c1C(=O)Nc1ccc(Cl)c(C)c1.CN(C)CCOc1ccccc1C(=O)Nc1ccccc1.Cc1cc(NC(=O)c2c(OCCN(C)C)cccc2OC2CCCC2)ccc1Cl.Cc1cc(NC(=O)c2sccc2C)ccc1C#N. The summed E-state index contributed by atoms with van der Waals surface area (Å²) in [5.74, 6) is 1.34. The van der Waals surface area contributed by atoms with Crippen molar-refractivity contribution in [3.05, 3.63) is 312 Å². The number of hydrogen-bond donors (Lipinski definition) is 6. The molecule has 1 aliphatic rings. The zero-order chi connectivity index (χ0) is 106. The number of nitrogens with zero attached hydrogens (tertiary/aromatic N) is 8. The summed E-state index contributed by atoms with van der Waals surface area (Å²) >= 11 is 13.6. The summed E-state index contributed by atoms with van der Waals surface area (Å²) in [5, 5.41) is 28.9. The Morgan fingerprint density at radius 3 is 1.36 bits per heavy atom. The predicted molar refractivity (Wildman–Crippen MR) is 572 cm³/mol. The molecule has 0 bridgehead atoms. The highest BCUT2D eigenvalue weighted by atomic mass is 35.5. The minimum absolute atomic E-state index is 0.0241. The number of halogens is 5. The number of aromatic nitrogens is 3.